The molecule has 1 aromatic carbocycles. The Kier molecular flexibility index (Phi) is 4.21. The second-order valence-corrected chi connectivity index (χ2v) is 8.53. The summed E-state index contributed by atoms with van der Waals surface area (Å²) in [5.74, 6) is 0. The van der Waals surface area contributed by atoms with Gasteiger partial charge in [-0.05, 0) is 58.6 Å². The fourth-order valence-corrected chi connectivity index (χ4v) is 5.51. The predicted octanol–water partition coefficient (Wildman–Crippen LogP) is 5.14. The minimum Gasteiger partial charge on any atom is -0.287 e. The zero-order chi connectivity index (χ0) is 17.3. The van der Waals surface area contributed by atoms with Crippen LogP contribution in [0.15, 0.2) is 71.7 Å². The van der Waals surface area contributed by atoms with Gasteiger partial charge in [-0.1, -0.05) is 18.2 Å². The molecule has 0 fully saturated rings. The molecule has 1 aliphatic heterocycles. The van der Waals surface area contributed by atoms with Gasteiger partial charge < -0.3 is 0 Å². The van der Waals surface area contributed by atoms with Crippen molar-refractivity contribution in [3.8, 4) is 5.69 Å². The van der Waals surface area contributed by atoms with Crippen LogP contribution in [0.5, 0.6) is 0 Å². The maximum Gasteiger partial charge on any atom is 0.0709 e. The molecule has 26 heavy (non-hydrogen) atoms. The van der Waals surface area contributed by atoms with Crippen molar-refractivity contribution in [2.45, 2.75) is 19.0 Å². The number of nitrogens with zero attached hydrogens (tertiary/aromatic N) is 3. The summed E-state index contributed by atoms with van der Waals surface area (Å²) in [6.07, 6.45) is 4.94. The van der Waals surface area contributed by atoms with E-state index in [9.17, 15) is 0 Å². The van der Waals surface area contributed by atoms with Crippen LogP contribution in [-0.2, 0) is 13.0 Å². The van der Waals surface area contributed by atoms with Gasteiger partial charge in [0.05, 0.1) is 11.7 Å². The summed E-state index contributed by atoms with van der Waals surface area (Å²) < 4.78 is 1.90. The van der Waals surface area contributed by atoms with Crippen LogP contribution in [-0.4, -0.2) is 21.2 Å². The average Bonchev–Trinajstić information content (AvgIpc) is 3.43. The lowest BCUT2D eigenvalue weighted by molar-refractivity contribution is 0.209. The summed E-state index contributed by atoms with van der Waals surface area (Å²) in [4.78, 5) is 5.61. The third-order valence-electron chi connectivity index (χ3n) is 4.97. The van der Waals surface area contributed by atoms with E-state index in [-0.39, 0.29) is 0 Å². The molecule has 4 heterocycles. The molecular formula is C21H19N3S2. The molecule has 0 saturated carbocycles. The highest BCUT2D eigenvalue weighted by Crippen LogP contribution is 2.40. The summed E-state index contributed by atoms with van der Waals surface area (Å²) in [7, 11) is 0. The highest BCUT2D eigenvalue weighted by molar-refractivity contribution is 7.10. The third kappa shape index (κ3) is 2.92. The summed E-state index contributed by atoms with van der Waals surface area (Å²) in [6.45, 7) is 2.08. The zero-order valence-corrected chi connectivity index (χ0v) is 15.9. The van der Waals surface area contributed by atoms with Crippen molar-refractivity contribution in [1.29, 1.82) is 0 Å². The van der Waals surface area contributed by atoms with Crippen molar-refractivity contribution in [2.75, 3.05) is 6.54 Å². The minimum absolute atomic E-state index is 0.385. The van der Waals surface area contributed by atoms with E-state index in [1.165, 1.54) is 16.0 Å². The van der Waals surface area contributed by atoms with E-state index in [2.05, 4.69) is 63.2 Å². The van der Waals surface area contributed by atoms with E-state index >= 15 is 0 Å². The first-order valence-electron chi connectivity index (χ1n) is 8.81. The van der Waals surface area contributed by atoms with Gasteiger partial charge in [0, 0.05) is 35.2 Å². The number of hydrogen-bond donors (Lipinski definition) is 0. The van der Waals surface area contributed by atoms with Gasteiger partial charge in [0.25, 0.3) is 0 Å². The smallest absolute Gasteiger partial charge is 0.0709 e. The predicted molar refractivity (Wildman–Crippen MR) is 108 cm³/mol. The van der Waals surface area contributed by atoms with Crippen molar-refractivity contribution >= 4 is 22.7 Å². The molecule has 0 radical (unpaired) electrons. The minimum atomic E-state index is 0.385. The molecule has 1 atom stereocenters. The number of hydrogen-bond acceptors (Lipinski definition) is 4. The van der Waals surface area contributed by atoms with Gasteiger partial charge in [0.1, 0.15) is 0 Å². The normalized spacial score (nSPS) is 17.3. The van der Waals surface area contributed by atoms with E-state index in [4.69, 9.17) is 0 Å². The lowest BCUT2D eigenvalue weighted by atomic mass is 9.97. The molecule has 5 rings (SSSR count). The first-order valence-corrected chi connectivity index (χ1v) is 10.6. The monoisotopic (exact) mass is 377 g/mol. The molecule has 130 valence electrons. The molecule has 4 aromatic rings. The number of benzene rings is 1. The molecule has 0 spiro atoms. The van der Waals surface area contributed by atoms with Gasteiger partial charge in [0.15, 0.2) is 0 Å². The van der Waals surface area contributed by atoms with E-state index in [0.717, 1.165) is 25.2 Å². The topological polar surface area (TPSA) is 21.1 Å². The molecule has 0 saturated heterocycles. The molecule has 1 aliphatic rings. The van der Waals surface area contributed by atoms with E-state index < -0.39 is 0 Å². The van der Waals surface area contributed by atoms with Crippen LogP contribution in [0.1, 0.15) is 26.9 Å². The number of fused-ring (bicyclic) bond motifs is 1. The Labute approximate surface area is 161 Å². The molecule has 5 heteroatoms. The van der Waals surface area contributed by atoms with Gasteiger partial charge in [-0.25, -0.2) is 4.68 Å². The van der Waals surface area contributed by atoms with Gasteiger partial charge in [0.2, 0.25) is 0 Å². The van der Waals surface area contributed by atoms with Crippen molar-refractivity contribution in [1.82, 2.24) is 14.7 Å². The number of rotatable bonds is 4. The van der Waals surface area contributed by atoms with Crippen molar-refractivity contribution in [3.63, 3.8) is 0 Å². The standard InChI is InChI=1S/C21H19N3S2/c1-3-20(25-13-1)21-18-9-14-26-19(18)8-12-23(21)15-16-4-6-17(7-5-16)24-11-2-10-22-24/h1-7,9-11,13-14,21H,8,12,15H2. The van der Waals surface area contributed by atoms with Crippen LogP contribution >= 0.6 is 22.7 Å². The van der Waals surface area contributed by atoms with Crippen LogP contribution in [0, 0.1) is 0 Å². The molecule has 0 aliphatic carbocycles. The van der Waals surface area contributed by atoms with Gasteiger partial charge in [-0.3, -0.25) is 4.90 Å². The van der Waals surface area contributed by atoms with Crippen LogP contribution < -0.4 is 0 Å². The summed E-state index contributed by atoms with van der Waals surface area (Å²) in [6, 6.07) is 17.9. The fourth-order valence-electron chi connectivity index (χ4n) is 3.73. The van der Waals surface area contributed by atoms with E-state index in [1.54, 1.807) is 4.88 Å². The highest BCUT2D eigenvalue weighted by Gasteiger charge is 2.30. The lowest BCUT2D eigenvalue weighted by Crippen LogP contribution is -2.34. The van der Waals surface area contributed by atoms with E-state index in [0.29, 0.717) is 6.04 Å². The molecule has 3 aromatic heterocycles. The van der Waals surface area contributed by atoms with Crippen LogP contribution in [0.3, 0.4) is 0 Å². The summed E-state index contributed by atoms with van der Waals surface area (Å²) in [5.41, 5.74) is 3.95. The van der Waals surface area contributed by atoms with Gasteiger partial charge >= 0.3 is 0 Å². The largest absolute Gasteiger partial charge is 0.287 e. The Bertz CT molecular complexity index is 969. The summed E-state index contributed by atoms with van der Waals surface area (Å²) >= 11 is 3.77. The Balaban J connectivity index is 1.42. The Morgan fingerprint density at radius 1 is 1.00 bits per heavy atom. The van der Waals surface area contributed by atoms with Gasteiger partial charge in [-0.2, -0.15) is 5.10 Å². The average molecular weight is 378 g/mol. The Morgan fingerprint density at radius 2 is 1.92 bits per heavy atom. The lowest BCUT2D eigenvalue weighted by Gasteiger charge is -2.35. The van der Waals surface area contributed by atoms with Gasteiger partial charge in [-0.15, -0.1) is 22.7 Å². The second-order valence-electron chi connectivity index (χ2n) is 6.55. The Morgan fingerprint density at radius 3 is 2.69 bits per heavy atom. The van der Waals surface area contributed by atoms with Crippen LogP contribution in [0.2, 0.25) is 0 Å². The Hall–Kier alpha value is -2.21. The second kappa shape index (κ2) is 6.83. The maximum absolute atomic E-state index is 4.31. The quantitative estimate of drug-likeness (QED) is 0.491. The molecule has 3 nitrogen and oxygen atoms in total. The zero-order valence-electron chi connectivity index (χ0n) is 14.3. The highest BCUT2D eigenvalue weighted by atomic mass is 32.1. The molecule has 0 N–H and O–H groups in total. The molecular weight excluding hydrogens is 358 g/mol. The summed E-state index contributed by atoms with van der Waals surface area (Å²) in [5, 5.41) is 8.74. The first kappa shape index (κ1) is 16.0. The molecule has 0 bridgehead atoms. The number of thiophene rings is 2. The molecule has 1 unspecified atom stereocenters. The SMILES string of the molecule is c1csc(C2c3ccsc3CCN2Cc2ccc(-n3cccn3)cc2)c1. The maximum atomic E-state index is 4.31. The van der Waals surface area contributed by atoms with E-state index in [1.807, 2.05) is 45.8 Å². The van der Waals surface area contributed by atoms with Crippen LogP contribution in [0.4, 0.5) is 0 Å². The third-order valence-corrected chi connectivity index (χ3v) is 6.89. The van der Waals surface area contributed by atoms with Crippen molar-refractivity contribution in [3.05, 3.63) is 92.6 Å². The number of aromatic nitrogens is 2. The van der Waals surface area contributed by atoms with Crippen molar-refractivity contribution in [2.24, 2.45) is 0 Å². The van der Waals surface area contributed by atoms with Crippen LogP contribution in [0.25, 0.3) is 5.69 Å². The molecule has 0 amide bonds. The first-order chi connectivity index (χ1) is 12.9. The van der Waals surface area contributed by atoms with Crippen molar-refractivity contribution < 1.29 is 0 Å². The fraction of sp³-hybridized carbons (Fsp3) is 0.190.